The zero-order chi connectivity index (χ0) is 14.7. The standard InChI is InChI=1S/C15H14BrF2NO/c1-20-15-3-2-11(16)4-10(15)7-14(19)9-5-12(17)8-13(18)6-9/h2-6,8,14H,7,19H2,1H3. The summed E-state index contributed by atoms with van der Waals surface area (Å²) in [6.45, 7) is 0. The molecule has 0 aromatic heterocycles. The predicted molar refractivity (Wildman–Crippen MR) is 77.7 cm³/mol. The lowest BCUT2D eigenvalue weighted by atomic mass is 9.99. The molecule has 2 aromatic rings. The van der Waals surface area contributed by atoms with Crippen LogP contribution in [0.25, 0.3) is 0 Å². The van der Waals surface area contributed by atoms with Crippen LogP contribution in [0, 0.1) is 11.6 Å². The van der Waals surface area contributed by atoms with Crippen molar-refractivity contribution < 1.29 is 13.5 Å². The number of hydrogen-bond acceptors (Lipinski definition) is 2. The van der Waals surface area contributed by atoms with E-state index in [9.17, 15) is 8.78 Å². The monoisotopic (exact) mass is 341 g/mol. The van der Waals surface area contributed by atoms with Gasteiger partial charge in [0, 0.05) is 16.6 Å². The van der Waals surface area contributed by atoms with Crippen LogP contribution in [0.3, 0.4) is 0 Å². The smallest absolute Gasteiger partial charge is 0.126 e. The van der Waals surface area contributed by atoms with E-state index >= 15 is 0 Å². The molecule has 0 saturated carbocycles. The number of hydrogen-bond donors (Lipinski definition) is 1. The van der Waals surface area contributed by atoms with E-state index in [1.165, 1.54) is 12.1 Å². The summed E-state index contributed by atoms with van der Waals surface area (Å²) in [6, 6.07) is 8.37. The van der Waals surface area contributed by atoms with E-state index in [4.69, 9.17) is 10.5 Å². The van der Waals surface area contributed by atoms with Gasteiger partial charge in [-0.05, 0) is 47.9 Å². The molecular weight excluding hydrogens is 328 g/mol. The second kappa shape index (κ2) is 6.33. The van der Waals surface area contributed by atoms with Crippen LogP contribution in [0.5, 0.6) is 5.75 Å². The van der Waals surface area contributed by atoms with Gasteiger partial charge in [-0.3, -0.25) is 0 Å². The molecule has 0 amide bonds. The topological polar surface area (TPSA) is 35.2 Å². The van der Waals surface area contributed by atoms with Crippen LogP contribution in [0.1, 0.15) is 17.2 Å². The largest absolute Gasteiger partial charge is 0.496 e. The summed E-state index contributed by atoms with van der Waals surface area (Å²) in [7, 11) is 1.57. The first-order valence-electron chi connectivity index (χ1n) is 6.03. The highest BCUT2D eigenvalue weighted by Crippen LogP contribution is 2.27. The normalized spacial score (nSPS) is 12.2. The Labute approximate surface area is 124 Å². The van der Waals surface area contributed by atoms with Gasteiger partial charge in [-0.15, -0.1) is 0 Å². The van der Waals surface area contributed by atoms with Crippen LogP contribution >= 0.6 is 15.9 Å². The van der Waals surface area contributed by atoms with Gasteiger partial charge >= 0.3 is 0 Å². The number of rotatable bonds is 4. The van der Waals surface area contributed by atoms with Crippen molar-refractivity contribution in [2.45, 2.75) is 12.5 Å². The van der Waals surface area contributed by atoms with Crippen molar-refractivity contribution in [3.63, 3.8) is 0 Å². The maximum atomic E-state index is 13.2. The Morgan fingerprint density at radius 3 is 2.40 bits per heavy atom. The van der Waals surface area contributed by atoms with Crippen molar-refractivity contribution in [2.24, 2.45) is 5.73 Å². The average molecular weight is 342 g/mol. The van der Waals surface area contributed by atoms with Gasteiger partial charge in [0.2, 0.25) is 0 Å². The third-order valence-electron chi connectivity index (χ3n) is 3.00. The van der Waals surface area contributed by atoms with Crippen molar-refractivity contribution in [1.29, 1.82) is 0 Å². The lowest BCUT2D eigenvalue weighted by molar-refractivity contribution is 0.408. The van der Waals surface area contributed by atoms with E-state index in [0.29, 0.717) is 17.7 Å². The van der Waals surface area contributed by atoms with Crippen LogP contribution < -0.4 is 10.5 Å². The van der Waals surface area contributed by atoms with Crippen molar-refractivity contribution in [3.05, 3.63) is 63.6 Å². The molecule has 0 aliphatic carbocycles. The molecule has 20 heavy (non-hydrogen) atoms. The Balaban J connectivity index is 2.27. The van der Waals surface area contributed by atoms with Crippen LogP contribution in [0.15, 0.2) is 40.9 Å². The molecule has 1 unspecified atom stereocenters. The molecule has 0 bridgehead atoms. The Bertz CT molecular complexity index is 599. The lowest BCUT2D eigenvalue weighted by Crippen LogP contribution is -2.14. The van der Waals surface area contributed by atoms with E-state index in [2.05, 4.69) is 15.9 Å². The third-order valence-corrected chi connectivity index (χ3v) is 3.49. The molecule has 5 heteroatoms. The molecule has 0 aliphatic rings. The van der Waals surface area contributed by atoms with Gasteiger partial charge in [-0.2, -0.15) is 0 Å². The summed E-state index contributed by atoms with van der Waals surface area (Å²) in [5.74, 6) is -0.561. The molecule has 1 atom stereocenters. The SMILES string of the molecule is COc1ccc(Br)cc1CC(N)c1cc(F)cc(F)c1. The van der Waals surface area contributed by atoms with Crippen LogP contribution in [0.4, 0.5) is 8.78 Å². The highest BCUT2D eigenvalue weighted by molar-refractivity contribution is 9.10. The van der Waals surface area contributed by atoms with Crippen molar-refractivity contribution in [2.75, 3.05) is 7.11 Å². The van der Waals surface area contributed by atoms with Gasteiger partial charge in [0.25, 0.3) is 0 Å². The molecule has 106 valence electrons. The van der Waals surface area contributed by atoms with Gasteiger partial charge in [0.1, 0.15) is 17.4 Å². The lowest BCUT2D eigenvalue weighted by Gasteiger charge is -2.15. The van der Waals surface area contributed by atoms with Crippen LogP contribution in [-0.4, -0.2) is 7.11 Å². The molecule has 0 radical (unpaired) electrons. The van der Waals surface area contributed by atoms with Gasteiger partial charge in [0.05, 0.1) is 7.11 Å². The predicted octanol–water partition coefficient (Wildman–Crippen LogP) is 3.98. The van der Waals surface area contributed by atoms with Crippen molar-refractivity contribution in [3.8, 4) is 5.75 Å². The zero-order valence-corrected chi connectivity index (χ0v) is 12.5. The molecule has 0 saturated heterocycles. The summed E-state index contributed by atoms with van der Waals surface area (Å²) in [5.41, 5.74) is 7.33. The Morgan fingerprint density at radius 1 is 1.15 bits per heavy atom. The summed E-state index contributed by atoms with van der Waals surface area (Å²) in [6.07, 6.45) is 0.422. The van der Waals surface area contributed by atoms with E-state index in [-0.39, 0.29) is 0 Å². The molecule has 2 N–H and O–H groups in total. The fraction of sp³-hybridized carbons (Fsp3) is 0.200. The highest BCUT2D eigenvalue weighted by Gasteiger charge is 2.13. The minimum atomic E-state index is -0.628. The van der Waals surface area contributed by atoms with E-state index in [1.54, 1.807) is 7.11 Å². The first-order chi connectivity index (χ1) is 9.49. The quantitative estimate of drug-likeness (QED) is 0.912. The fourth-order valence-corrected chi connectivity index (χ4v) is 2.46. The molecule has 0 spiro atoms. The summed E-state index contributed by atoms with van der Waals surface area (Å²) >= 11 is 3.38. The van der Waals surface area contributed by atoms with E-state index in [0.717, 1.165) is 16.1 Å². The minimum absolute atomic E-state index is 0.421. The Morgan fingerprint density at radius 2 is 1.80 bits per heavy atom. The molecule has 0 heterocycles. The first kappa shape index (κ1) is 14.9. The maximum Gasteiger partial charge on any atom is 0.126 e. The summed E-state index contributed by atoms with van der Waals surface area (Å²) in [5, 5.41) is 0. The number of methoxy groups -OCH3 is 1. The molecule has 0 fully saturated rings. The van der Waals surface area contributed by atoms with Crippen molar-refractivity contribution in [1.82, 2.24) is 0 Å². The molecular formula is C15H14BrF2NO. The maximum absolute atomic E-state index is 13.2. The number of ether oxygens (including phenoxy) is 1. The first-order valence-corrected chi connectivity index (χ1v) is 6.83. The van der Waals surface area contributed by atoms with Crippen molar-refractivity contribution >= 4 is 15.9 Å². The molecule has 2 nitrogen and oxygen atoms in total. The fourth-order valence-electron chi connectivity index (χ4n) is 2.05. The molecule has 0 aliphatic heterocycles. The van der Waals surface area contributed by atoms with Gasteiger partial charge in [0.15, 0.2) is 0 Å². The van der Waals surface area contributed by atoms with Gasteiger partial charge in [-0.1, -0.05) is 15.9 Å². The van der Waals surface area contributed by atoms with Gasteiger partial charge in [-0.25, -0.2) is 8.78 Å². The number of benzene rings is 2. The minimum Gasteiger partial charge on any atom is -0.496 e. The van der Waals surface area contributed by atoms with Gasteiger partial charge < -0.3 is 10.5 Å². The van der Waals surface area contributed by atoms with Crippen LogP contribution in [-0.2, 0) is 6.42 Å². The summed E-state index contributed by atoms with van der Waals surface area (Å²) < 4.78 is 32.6. The zero-order valence-electron chi connectivity index (χ0n) is 10.9. The van der Waals surface area contributed by atoms with E-state index < -0.39 is 17.7 Å². The number of halogens is 3. The van der Waals surface area contributed by atoms with Crippen LogP contribution in [0.2, 0.25) is 0 Å². The molecule has 2 aromatic carbocycles. The van der Waals surface area contributed by atoms with E-state index in [1.807, 2.05) is 18.2 Å². The average Bonchev–Trinajstić information content (AvgIpc) is 2.37. The Kier molecular flexibility index (Phi) is 4.73. The third kappa shape index (κ3) is 3.55. The Hall–Kier alpha value is -1.46. The summed E-state index contributed by atoms with van der Waals surface area (Å²) in [4.78, 5) is 0. The molecule has 2 rings (SSSR count). The number of nitrogens with two attached hydrogens (primary N) is 1. The second-order valence-corrected chi connectivity index (χ2v) is 5.39. The second-order valence-electron chi connectivity index (χ2n) is 4.47. The highest BCUT2D eigenvalue weighted by atomic mass is 79.9.